The van der Waals surface area contributed by atoms with Crippen LogP contribution in [0, 0.1) is 0 Å². The van der Waals surface area contributed by atoms with Crippen molar-refractivity contribution in [3.8, 4) is 0 Å². The van der Waals surface area contributed by atoms with Crippen LogP contribution in [0.1, 0.15) is 10.4 Å². The standard InChI is InChI=1S/C15H10N4OS/c20-14(10-2-1-9-4-6-21-13(9)7-10)19-15-17-11-3-5-16-8-12(11)18-15/h1-8H,(H2,17,18,19,20). The summed E-state index contributed by atoms with van der Waals surface area (Å²) in [5.41, 5.74) is 2.18. The molecule has 1 aromatic carbocycles. The van der Waals surface area contributed by atoms with Crippen molar-refractivity contribution >= 4 is 44.3 Å². The van der Waals surface area contributed by atoms with E-state index in [1.807, 2.05) is 29.6 Å². The molecule has 21 heavy (non-hydrogen) atoms. The van der Waals surface area contributed by atoms with Crippen LogP contribution in [0.25, 0.3) is 21.1 Å². The van der Waals surface area contributed by atoms with Crippen molar-refractivity contribution in [3.05, 3.63) is 53.7 Å². The molecule has 1 amide bonds. The lowest BCUT2D eigenvalue weighted by Gasteiger charge is -2.01. The van der Waals surface area contributed by atoms with Crippen LogP contribution in [0.2, 0.25) is 0 Å². The number of aromatic nitrogens is 3. The molecular formula is C15H10N4OS. The maximum atomic E-state index is 12.3. The molecule has 0 atom stereocenters. The summed E-state index contributed by atoms with van der Waals surface area (Å²) in [5.74, 6) is 0.242. The molecule has 0 radical (unpaired) electrons. The number of hydrogen-bond donors (Lipinski definition) is 2. The molecule has 3 heterocycles. The molecule has 0 saturated heterocycles. The first-order chi connectivity index (χ1) is 10.3. The zero-order valence-corrected chi connectivity index (χ0v) is 11.6. The summed E-state index contributed by atoms with van der Waals surface area (Å²) in [6.07, 6.45) is 3.34. The Morgan fingerprint density at radius 2 is 2.19 bits per heavy atom. The number of H-pyrrole nitrogens is 1. The Hall–Kier alpha value is -2.73. The zero-order chi connectivity index (χ0) is 14.2. The smallest absolute Gasteiger partial charge is 0.258 e. The van der Waals surface area contributed by atoms with Gasteiger partial charge in [0.05, 0.1) is 17.2 Å². The fourth-order valence-corrected chi connectivity index (χ4v) is 3.02. The molecule has 0 saturated carbocycles. The number of imidazole rings is 1. The van der Waals surface area contributed by atoms with Crippen molar-refractivity contribution in [2.75, 3.05) is 5.32 Å². The van der Waals surface area contributed by atoms with E-state index in [0.29, 0.717) is 11.5 Å². The summed E-state index contributed by atoms with van der Waals surface area (Å²) in [6, 6.07) is 9.48. The number of nitrogens with one attached hydrogen (secondary N) is 2. The fourth-order valence-electron chi connectivity index (χ4n) is 2.19. The third-order valence-electron chi connectivity index (χ3n) is 3.23. The molecule has 4 rings (SSSR count). The van der Waals surface area contributed by atoms with Gasteiger partial charge in [-0.2, -0.15) is 0 Å². The second-order valence-electron chi connectivity index (χ2n) is 4.61. The van der Waals surface area contributed by atoms with Crippen LogP contribution in [0.3, 0.4) is 0 Å². The average molecular weight is 294 g/mol. The zero-order valence-electron chi connectivity index (χ0n) is 10.8. The number of pyridine rings is 1. The lowest BCUT2D eigenvalue weighted by Crippen LogP contribution is -2.12. The minimum Gasteiger partial charge on any atom is -0.323 e. The van der Waals surface area contributed by atoms with Crippen LogP contribution < -0.4 is 5.32 Å². The monoisotopic (exact) mass is 294 g/mol. The molecule has 0 aliphatic rings. The largest absolute Gasteiger partial charge is 0.323 e. The average Bonchev–Trinajstić information content (AvgIpc) is 3.11. The van der Waals surface area contributed by atoms with Crippen LogP contribution in [-0.4, -0.2) is 20.9 Å². The summed E-state index contributed by atoms with van der Waals surface area (Å²) >= 11 is 1.62. The van der Waals surface area contributed by atoms with Crippen molar-refractivity contribution in [1.82, 2.24) is 15.0 Å². The summed E-state index contributed by atoms with van der Waals surface area (Å²) in [6.45, 7) is 0. The van der Waals surface area contributed by atoms with Gasteiger partial charge in [-0.15, -0.1) is 11.3 Å². The number of anilines is 1. The second-order valence-corrected chi connectivity index (χ2v) is 5.55. The summed E-state index contributed by atoms with van der Waals surface area (Å²) < 4.78 is 1.09. The second kappa shape index (κ2) is 4.68. The molecule has 0 fully saturated rings. The van der Waals surface area contributed by atoms with Crippen molar-refractivity contribution in [3.63, 3.8) is 0 Å². The topological polar surface area (TPSA) is 70.7 Å². The van der Waals surface area contributed by atoms with Gasteiger partial charge in [0.15, 0.2) is 0 Å². The molecule has 5 nitrogen and oxygen atoms in total. The molecule has 0 bridgehead atoms. The Morgan fingerprint density at radius 1 is 1.24 bits per heavy atom. The van der Waals surface area contributed by atoms with Gasteiger partial charge in [-0.25, -0.2) is 4.98 Å². The van der Waals surface area contributed by atoms with Crippen molar-refractivity contribution in [2.45, 2.75) is 0 Å². The highest BCUT2D eigenvalue weighted by Crippen LogP contribution is 2.22. The van der Waals surface area contributed by atoms with Crippen molar-refractivity contribution in [2.24, 2.45) is 0 Å². The van der Waals surface area contributed by atoms with E-state index < -0.39 is 0 Å². The van der Waals surface area contributed by atoms with Crippen LogP contribution in [-0.2, 0) is 0 Å². The van der Waals surface area contributed by atoms with E-state index in [9.17, 15) is 4.79 Å². The number of thiophene rings is 1. The SMILES string of the molecule is O=C(Nc1nc2ccncc2[nH]1)c1ccc2ccsc2c1. The van der Waals surface area contributed by atoms with Gasteiger partial charge in [0.1, 0.15) is 0 Å². The van der Waals surface area contributed by atoms with Crippen molar-refractivity contribution in [1.29, 1.82) is 0 Å². The lowest BCUT2D eigenvalue weighted by atomic mass is 10.2. The summed E-state index contributed by atoms with van der Waals surface area (Å²) in [4.78, 5) is 23.6. The molecule has 4 aromatic rings. The van der Waals surface area contributed by atoms with E-state index in [4.69, 9.17) is 0 Å². The Labute approximate surface area is 123 Å². The molecule has 0 spiro atoms. The number of carbonyl (C=O) groups excluding carboxylic acids is 1. The molecule has 3 aromatic heterocycles. The van der Waals surface area contributed by atoms with E-state index in [1.165, 1.54) is 0 Å². The van der Waals surface area contributed by atoms with E-state index in [-0.39, 0.29) is 5.91 Å². The Balaban J connectivity index is 1.64. The van der Waals surface area contributed by atoms with E-state index in [1.54, 1.807) is 29.8 Å². The fraction of sp³-hybridized carbons (Fsp3) is 0. The quantitative estimate of drug-likeness (QED) is 0.595. The predicted molar refractivity (Wildman–Crippen MR) is 83.7 cm³/mol. The van der Waals surface area contributed by atoms with Crippen LogP contribution in [0.15, 0.2) is 48.1 Å². The third-order valence-corrected chi connectivity index (χ3v) is 4.11. The number of fused-ring (bicyclic) bond motifs is 2. The highest BCUT2D eigenvalue weighted by atomic mass is 32.1. The Kier molecular flexibility index (Phi) is 2.68. The van der Waals surface area contributed by atoms with Gasteiger partial charge < -0.3 is 4.98 Å². The highest BCUT2D eigenvalue weighted by molar-refractivity contribution is 7.17. The Morgan fingerprint density at radius 3 is 3.10 bits per heavy atom. The predicted octanol–water partition coefficient (Wildman–Crippen LogP) is 3.42. The number of aromatic amines is 1. The number of amides is 1. The maximum Gasteiger partial charge on any atom is 0.258 e. The van der Waals surface area contributed by atoms with Crippen LogP contribution in [0.4, 0.5) is 5.95 Å². The van der Waals surface area contributed by atoms with Crippen LogP contribution >= 0.6 is 11.3 Å². The number of carbonyl (C=O) groups is 1. The third kappa shape index (κ3) is 2.15. The number of benzene rings is 1. The van der Waals surface area contributed by atoms with Gasteiger partial charge in [0, 0.05) is 16.5 Å². The van der Waals surface area contributed by atoms with E-state index in [0.717, 1.165) is 21.1 Å². The molecule has 0 unspecified atom stereocenters. The van der Waals surface area contributed by atoms with Crippen molar-refractivity contribution < 1.29 is 4.79 Å². The van der Waals surface area contributed by atoms with Gasteiger partial charge in [-0.3, -0.25) is 15.1 Å². The highest BCUT2D eigenvalue weighted by Gasteiger charge is 2.10. The number of nitrogens with zero attached hydrogens (tertiary/aromatic N) is 2. The first kappa shape index (κ1) is 12.0. The van der Waals surface area contributed by atoms with Crippen LogP contribution in [0.5, 0.6) is 0 Å². The number of rotatable bonds is 2. The first-order valence-corrected chi connectivity index (χ1v) is 7.26. The molecule has 0 aliphatic carbocycles. The first-order valence-electron chi connectivity index (χ1n) is 6.38. The minimum absolute atomic E-state index is 0.183. The maximum absolute atomic E-state index is 12.3. The van der Waals surface area contributed by atoms with Gasteiger partial charge in [-0.05, 0) is 35.0 Å². The van der Waals surface area contributed by atoms with Gasteiger partial charge >= 0.3 is 0 Å². The number of hydrogen-bond acceptors (Lipinski definition) is 4. The Bertz CT molecular complexity index is 923. The lowest BCUT2D eigenvalue weighted by molar-refractivity contribution is 0.102. The molecule has 102 valence electrons. The van der Waals surface area contributed by atoms with E-state index >= 15 is 0 Å². The van der Waals surface area contributed by atoms with Gasteiger partial charge in [0.2, 0.25) is 5.95 Å². The molecule has 2 N–H and O–H groups in total. The molecular weight excluding hydrogens is 284 g/mol. The summed E-state index contributed by atoms with van der Waals surface area (Å²) in [5, 5.41) is 5.93. The molecule has 6 heteroatoms. The molecule has 0 aliphatic heterocycles. The van der Waals surface area contributed by atoms with Gasteiger partial charge in [-0.1, -0.05) is 6.07 Å². The summed E-state index contributed by atoms with van der Waals surface area (Å²) in [7, 11) is 0. The van der Waals surface area contributed by atoms with Gasteiger partial charge in [0.25, 0.3) is 5.91 Å². The minimum atomic E-state index is -0.183. The normalized spacial score (nSPS) is 11.0. The van der Waals surface area contributed by atoms with E-state index in [2.05, 4.69) is 20.3 Å².